The van der Waals surface area contributed by atoms with E-state index in [-0.39, 0.29) is 23.0 Å². The summed E-state index contributed by atoms with van der Waals surface area (Å²) in [5.74, 6) is -0.756. The highest BCUT2D eigenvalue weighted by atomic mass is 32.2. The minimum Gasteiger partial charge on any atom is -0.323 e. The molecule has 2 rings (SSSR count). The maximum absolute atomic E-state index is 13.5. The molecule has 0 heterocycles. The lowest BCUT2D eigenvalue weighted by molar-refractivity contribution is -0.384. The molecule has 114 valence electrons. The first-order valence-corrected chi connectivity index (χ1v) is 7.96. The molecule has 0 unspecified atom stereocenters. The zero-order valence-corrected chi connectivity index (χ0v) is 12.3. The third-order valence-electron chi connectivity index (χ3n) is 3.44. The number of amides is 1. The fourth-order valence-electron chi connectivity index (χ4n) is 2.33. The number of carbonyl (C=O) groups excluding carboxylic acids is 1. The van der Waals surface area contributed by atoms with Crippen LogP contribution < -0.4 is 5.32 Å². The fourth-order valence-corrected chi connectivity index (χ4v) is 3.46. The number of nitro benzene ring substituents is 1. The summed E-state index contributed by atoms with van der Waals surface area (Å²) >= 11 is 1.57. The van der Waals surface area contributed by atoms with Crippen LogP contribution in [0, 0.1) is 15.9 Å². The van der Waals surface area contributed by atoms with E-state index in [0.717, 1.165) is 31.0 Å². The van der Waals surface area contributed by atoms with E-state index in [1.165, 1.54) is 19.3 Å². The molecule has 0 saturated heterocycles. The number of nitrogens with one attached hydrogen (secondary N) is 1. The van der Waals surface area contributed by atoms with Crippen LogP contribution in [0.4, 0.5) is 15.8 Å². The topological polar surface area (TPSA) is 72.2 Å². The molecule has 0 spiro atoms. The zero-order valence-electron chi connectivity index (χ0n) is 11.5. The quantitative estimate of drug-likeness (QED) is 0.664. The summed E-state index contributed by atoms with van der Waals surface area (Å²) in [4.78, 5) is 21.8. The number of nitro groups is 1. The maximum Gasteiger partial charge on any atom is 0.271 e. The van der Waals surface area contributed by atoms with Gasteiger partial charge in [0.1, 0.15) is 5.82 Å². The molecule has 0 radical (unpaired) electrons. The molecular weight excluding hydrogens is 295 g/mol. The smallest absolute Gasteiger partial charge is 0.271 e. The van der Waals surface area contributed by atoms with E-state index in [4.69, 9.17) is 0 Å². The predicted molar refractivity (Wildman–Crippen MR) is 81.0 cm³/mol. The zero-order chi connectivity index (χ0) is 15.2. The second kappa shape index (κ2) is 7.40. The molecule has 1 aliphatic rings. The Bertz CT molecular complexity index is 533. The van der Waals surface area contributed by atoms with E-state index in [1.54, 1.807) is 11.8 Å². The van der Waals surface area contributed by atoms with Gasteiger partial charge in [0, 0.05) is 17.4 Å². The molecule has 1 aromatic rings. The largest absolute Gasteiger partial charge is 0.323 e. The van der Waals surface area contributed by atoms with Crippen LogP contribution in [0.5, 0.6) is 0 Å². The Labute approximate surface area is 126 Å². The van der Waals surface area contributed by atoms with Crippen molar-refractivity contribution in [3.8, 4) is 0 Å². The standard InChI is InChI=1S/C14H17FN2O3S/c15-12-7-6-10(17(19)20)8-13(12)16-14(18)9-21-11-4-2-1-3-5-11/h6-8,11H,1-5,9H2,(H,16,18). The van der Waals surface area contributed by atoms with Gasteiger partial charge in [-0.1, -0.05) is 19.3 Å². The van der Waals surface area contributed by atoms with Crippen molar-refractivity contribution in [1.29, 1.82) is 0 Å². The Morgan fingerprint density at radius 3 is 2.76 bits per heavy atom. The number of hydrogen-bond acceptors (Lipinski definition) is 4. The average molecular weight is 312 g/mol. The van der Waals surface area contributed by atoms with E-state index >= 15 is 0 Å². The predicted octanol–water partition coefficient (Wildman–Crippen LogP) is 3.74. The van der Waals surface area contributed by atoms with Crippen LogP contribution in [0.3, 0.4) is 0 Å². The van der Waals surface area contributed by atoms with Gasteiger partial charge in [-0.25, -0.2) is 4.39 Å². The number of carbonyl (C=O) groups is 1. The molecule has 7 heteroatoms. The summed E-state index contributed by atoms with van der Waals surface area (Å²) in [6.45, 7) is 0. The van der Waals surface area contributed by atoms with Gasteiger partial charge in [0.05, 0.1) is 16.4 Å². The summed E-state index contributed by atoms with van der Waals surface area (Å²) < 4.78 is 13.5. The third-order valence-corrected chi connectivity index (χ3v) is 4.81. The van der Waals surface area contributed by atoms with E-state index in [2.05, 4.69) is 5.32 Å². The maximum atomic E-state index is 13.5. The van der Waals surface area contributed by atoms with E-state index in [0.29, 0.717) is 5.25 Å². The number of nitrogens with zero attached hydrogens (tertiary/aromatic N) is 1. The summed E-state index contributed by atoms with van der Waals surface area (Å²) in [6.07, 6.45) is 5.87. The number of hydrogen-bond donors (Lipinski definition) is 1. The van der Waals surface area contributed by atoms with Crippen LogP contribution in [0.25, 0.3) is 0 Å². The highest BCUT2D eigenvalue weighted by Gasteiger charge is 2.17. The lowest BCUT2D eigenvalue weighted by Crippen LogP contribution is -2.18. The van der Waals surface area contributed by atoms with Gasteiger partial charge in [0.2, 0.25) is 5.91 Å². The van der Waals surface area contributed by atoms with Crippen molar-refractivity contribution in [2.45, 2.75) is 37.4 Å². The number of benzene rings is 1. The highest BCUT2D eigenvalue weighted by molar-refractivity contribution is 8.00. The minimum atomic E-state index is -0.670. The van der Waals surface area contributed by atoms with E-state index < -0.39 is 10.7 Å². The van der Waals surface area contributed by atoms with Crippen LogP contribution in [-0.4, -0.2) is 21.8 Å². The van der Waals surface area contributed by atoms with Crippen LogP contribution >= 0.6 is 11.8 Å². The molecular formula is C14H17FN2O3S. The highest BCUT2D eigenvalue weighted by Crippen LogP contribution is 2.28. The SMILES string of the molecule is O=C(CSC1CCCCC1)Nc1cc([N+](=O)[O-])ccc1F. The Hall–Kier alpha value is -1.63. The van der Waals surface area contributed by atoms with Gasteiger partial charge in [0.15, 0.2) is 0 Å². The van der Waals surface area contributed by atoms with Gasteiger partial charge >= 0.3 is 0 Å². The number of non-ortho nitro benzene ring substituents is 1. The first kappa shape index (κ1) is 15.8. The average Bonchev–Trinajstić information content (AvgIpc) is 2.48. The second-order valence-electron chi connectivity index (χ2n) is 5.04. The minimum absolute atomic E-state index is 0.140. The van der Waals surface area contributed by atoms with Crippen molar-refractivity contribution in [1.82, 2.24) is 0 Å². The monoisotopic (exact) mass is 312 g/mol. The number of thioether (sulfide) groups is 1. The molecule has 0 bridgehead atoms. The molecule has 1 N–H and O–H groups in total. The lowest BCUT2D eigenvalue weighted by Gasteiger charge is -2.20. The molecule has 5 nitrogen and oxygen atoms in total. The molecule has 0 aromatic heterocycles. The lowest BCUT2D eigenvalue weighted by atomic mass is 10.0. The third kappa shape index (κ3) is 4.70. The van der Waals surface area contributed by atoms with Crippen molar-refractivity contribution in [3.63, 3.8) is 0 Å². The normalized spacial score (nSPS) is 15.7. The van der Waals surface area contributed by atoms with Crippen LogP contribution in [0.1, 0.15) is 32.1 Å². The van der Waals surface area contributed by atoms with Crippen molar-refractivity contribution >= 4 is 29.0 Å². The molecule has 1 saturated carbocycles. The Morgan fingerprint density at radius 1 is 1.38 bits per heavy atom. The van der Waals surface area contributed by atoms with Gasteiger partial charge < -0.3 is 5.32 Å². The first-order valence-electron chi connectivity index (χ1n) is 6.91. The van der Waals surface area contributed by atoms with Crippen molar-refractivity contribution in [3.05, 3.63) is 34.1 Å². The van der Waals surface area contributed by atoms with Gasteiger partial charge in [0.25, 0.3) is 5.69 Å². The molecule has 1 aliphatic carbocycles. The van der Waals surface area contributed by atoms with Gasteiger partial charge in [-0.15, -0.1) is 11.8 Å². The molecule has 0 atom stereocenters. The number of anilines is 1. The Kier molecular flexibility index (Phi) is 5.55. The van der Waals surface area contributed by atoms with Crippen molar-refractivity contribution in [2.75, 3.05) is 11.1 Å². The summed E-state index contributed by atoms with van der Waals surface area (Å²) in [6, 6.07) is 3.10. The number of halogens is 1. The fraction of sp³-hybridized carbons (Fsp3) is 0.500. The summed E-state index contributed by atoms with van der Waals surface area (Å²) in [5.41, 5.74) is -0.384. The van der Waals surface area contributed by atoms with Crippen LogP contribution in [0.15, 0.2) is 18.2 Å². The molecule has 0 aliphatic heterocycles. The van der Waals surface area contributed by atoms with Gasteiger partial charge in [-0.2, -0.15) is 0 Å². The molecule has 21 heavy (non-hydrogen) atoms. The molecule has 1 aromatic carbocycles. The van der Waals surface area contributed by atoms with Crippen molar-refractivity contribution in [2.24, 2.45) is 0 Å². The van der Waals surface area contributed by atoms with E-state index in [1.807, 2.05) is 0 Å². The van der Waals surface area contributed by atoms with Crippen LogP contribution in [-0.2, 0) is 4.79 Å². The van der Waals surface area contributed by atoms with Crippen LogP contribution in [0.2, 0.25) is 0 Å². The second-order valence-corrected chi connectivity index (χ2v) is 6.33. The Balaban J connectivity index is 1.89. The number of rotatable bonds is 5. The molecule has 1 fully saturated rings. The Morgan fingerprint density at radius 2 is 2.10 bits per heavy atom. The van der Waals surface area contributed by atoms with Gasteiger partial charge in [-0.05, 0) is 18.9 Å². The first-order chi connectivity index (χ1) is 10.1. The summed E-state index contributed by atoms with van der Waals surface area (Å²) in [7, 11) is 0. The van der Waals surface area contributed by atoms with E-state index in [9.17, 15) is 19.3 Å². The molecule has 1 amide bonds. The van der Waals surface area contributed by atoms with Crippen molar-refractivity contribution < 1.29 is 14.1 Å². The van der Waals surface area contributed by atoms with Gasteiger partial charge in [-0.3, -0.25) is 14.9 Å². The summed E-state index contributed by atoms with van der Waals surface area (Å²) in [5, 5.41) is 13.5.